The lowest BCUT2D eigenvalue weighted by Crippen LogP contribution is -2.45. The number of benzene rings is 1. The molecule has 0 aromatic heterocycles. The fraction of sp³-hybridized carbons (Fsp3) is 0.684. The minimum absolute atomic E-state index is 0.826. The van der Waals surface area contributed by atoms with Gasteiger partial charge in [-0.1, -0.05) is 50.5 Å². The first-order valence-electron chi connectivity index (χ1n) is 8.89. The molecule has 3 rings (SSSR count). The van der Waals surface area contributed by atoms with Crippen molar-refractivity contribution in [1.82, 2.24) is 9.80 Å². The SMILES string of the molecule is CCN1CCN(Cc2ccccc2C2CCCCC2)CC1. The Labute approximate surface area is 130 Å². The zero-order valence-electron chi connectivity index (χ0n) is 13.6. The Hall–Kier alpha value is -0.860. The van der Waals surface area contributed by atoms with Crippen LogP contribution >= 0.6 is 0 Å². The number of rotatable bonds is 4. The quantitative estimate of drug-likeness (QED) is 0.829. The van der Waals surface area contributed by atoms with Gasteiger partial charge in [0.2, 0.25) is 0 Å². The molecule has 2 aliphatic rings. The van der Waals surface area contributed by atoms with Crippen molar-refractivity contribution in [3.05, 3.63) is 35.4 Å². The smallest absolute Gasteiger partial charge is 0.0237 e. The van der Waals surface area contributed by atoms with E-state index in [1.165, 1.54) is 64.8 Å². The Balaban J connectivity index is 1.65. The van der Waals surface area contributed by atoms with E-state index >= 15 is 0 Å². The van der Waals surface area contributed by atoms with Gasteiger partial charge in [-0.25, -0.2) is 0 Å². The lowest BCUT2D eigenvalue weighted by Gasteiger charge is -2.35. The van der Waals surface area contributed by atoms with Crippen LogP contribution in [0.3, 0.4) is 0 Å². The van der Waals surface area contributed by atoms with Crippen LogP contribution in [0.4, 0.5) is 0 Å². The van der Waals surface area contributed by atoms with Crippen molar-refractivity contribution in [2.24, 2.45) is 0 Å². The van der Waals surface area contributed by atoms with Gasteiger partial charge in [-0.2, -0.15) is 0 Å². The van der Waals surface area contributed by atoms with Crippen LogP contribution in [0.25, 0.3) is 0 Å². The molecule has 2 heteroatoms. The number of piperazine rings is 1. The van der Waals surface area contributed by atoms with Crippen molar-refractivity contribution in [2.45, 2.75) is 51.5 Å². The van der Waals surface area contributed by atoms with Gasteiger partial charge >= 0.3 is 0 Å². The Morgan fingerprint density at radius 2 is 1.57 bits per heavy atom. The highest BCUT2D eigenvalue weighted by atomic mass is 15.3. The molecule has 1 heterocycles. The predicted molar refractivity (Wildman–Crippen MR) is 89.7 cm³/mol. The minimum atomic E-state index is 0.826. The zero-order chi connectivity index (χ0) is 14.5. The maximum absolute atomic E-state index is 2.65. The van der Waals surface area contributed by atoms with Crippen LogP contribution in [0.5, 0.6) is 0 Å². The summed E-state index contributed by atoms with van der Waals surface area (Å²) in [4.78, 5) is 5.21. The summed E-state index contributed by atoms with van der Waals surface area (Å²) >= 11 is 0. The maximum atomic E-state index is 2.65. The minimum Gasteiger partial charge on any atom is -0.301 e. The molecule has 116 valence electrons. The highest BCUT2D eigenvalue weighted by Gasteiger charge is 2.20. The molecule has 0 radical (unpaired) electrons. The Bertz CT molecular complexity index is 429. The van der Waals surface area contributed by atoms with Gasteiger partial charge in [0.15, 0.2) is 0 Å². The molecule has 0 unspecified atom stereocenters. The fourth-order valence-corrected chi connectivity index (χ4v) is 3.99. The maximum Gasteiger partial charge on any atom is 0.0237 e. The number of nitrogens with zero attached hydrogens (tertiary/aromatic N) is 2. The number of likely N-dealkylation sites (N-methyl/N-ethyl adjacent to an activating group) is 1. The molecule has 2 nitrogen and oxygen atoms in total. The molecule has 0 bridgehead atoms. The molecular formula is C19H30N2. The monoisotopic (exact) mass is 286 g/mol. The van der Waals surface area contributed by atoms with Crippen LogP contribution in [0.2, 0.25) is 0 Å². The third-order valence-corrected chi connectivity index (χ3v) is 5.41. The third-order valence-electron chi connectivity index (χ3n) is 5.41. The molecule has 0 atom stereocenters. The topological polar surface area (TPSA) is 6.48 Å². The second-order valence-corrected chi connectivity index (χ2v) is 6.74. The van der Waals surface area contributed by atoms with E-state index in [1.807, 2.05) is 0 Å². The van der Waals surface area contributed by atoms with Crippen molar-refractivity contribution >= 4 is 0 Å². The molecule has 0 amide bonds. The van der Waals surface area contributed by atoms with Crippen LogP contribution in [0.1, 0.15) is 56.1 Å². The Kier molecular flexibility index (Phi) is 5.32. The van der Waals surface area contributed by atoms with Gasteiger partial charge < -0.3 is 4.90 Å². The van der Waals surface area contributed by atoms with Crippen molar-refractivity contribution in [2.75, 3.05) is 32.7 Å². The average molecular weight is 286 g/mol. The number of hydrogen-bond donors (Lipinski definition) is 0. The fourth-order valence-electron chi connectivity index (χ4n) is 3.99. The largest absolute Gasteiger partial charge is 0.301 e. The lowest BCUT2D eigenvalue weighted by molar-refractivity contribution is 0.131. The van der Waals surface area contributed by atoms with Crippen molar-refractivity contribution in [3.8, 4) is 0 Å². The van der Waals surface area contributed by atoms with Crippen molar-refractivity contribution in [3.63, 3.8) is 0 Å². The second kappa shape index (κ2) is 7.42. The van der Waals surface area contributed by atoms with Gasteiger partial charge in [0, 0.05) is 32.7 Å². The average Bonchev–Trinajstić information content (AvgIpc) is 2.57. The van der Waals surface area contributed by atoms with Gasteiger partial charge in [-0.15, -0.1) is 0 Å². The molecular weight excluding hydrogens is 256 g/mol. The summed E-state index contributed by atoms with van der Waals surface area (Å²) in [7, 11) is 0. The van der Waals surface area contributed by atoms with E-state index in [9.17, 15) is 0 Å². The van der Waals surface area contributed by atoms with Crippen LogP contribution in [0, 0.1) is 0 Å². The van der Waals surface area contributed by atoms with Gasteiger partial charge in [0.25, 0.3) is 0 Å². The highest BCUT2D eigenvalue weighted by Crippen LogP contribution is 2.34. The summed E-state index contributed by atoms with van der Waals surface area (Å²) in [5.74, 6) is 0.826. The Morgan fingerprint density at radius 1 is 0.905 bits per heavy atom. The van der Waals surface area contributed by atoms with E-state index in [4.69, 9.17) is 0 Å². The molecule has 1 aliphatic heterocycles. The van der Waals surface area contributed by atoms with Gasteiger partial charge in [-0.05, 0) is 36.4 Å². The predicted octanol–water partition coefficient (Wildman–Crippen LogP) is 3.87. The summed E-state index contributed by atoms with van der Waals surface area (Å²) in [5.41, 5.74) is 3.24. The van der Waals surface area contributed by atoms with E-state index in [0.29, 0.717) is 0 Å². The third kappa shape index (κ3) is 3.87. The first kappa shape index (κ1) is 15.1. The first-order valence-corrected chi connectivity index (χ1v) is 8.89. The van der Waals surface area contributed by atoms with Crippen LogP contribution in [-0.2, 0) is 6.54 Å². The van der Waals surface area contributed by atoms with Crippen molar-refractivity contribution < 1.29 is 0 Å². The first-order chi connectivity index (χ1) is 10.4. The summed E-state index contributed by atoms with van der Waals surface area (Å²) in [6.07, 6.45) is 7.10. The standard InChI is InChI=1S/C19H30N2/c1-2-20-12-14-21(15-13-20)16-18-10-6-7-11-19(18)17-8-4-3-5-9-17/h6-7,10-11,17H,2-5,8-9,12-16H2,1H3. The summed E-state index contributed by atoms with van der Waals surface area (Å²) < 4.78 is 0. The molecule has 1 aromatic rings. The summed E-state index contributed by atoms with van der Waals surface area (Å²) in [6, 6.07) is 9.23. The van der Waals surface area contributed by atoms with Gasteiger partial charge in [-0.3, -0.25) is 4.90 Å². The van der Waals surface area contributed by atoms with Crippen LogP contribution in [-0.4, -0.2) is 42.5 Å². The highest BCUT2D eigenvalue weighted by molar-refractivity contribution is 5.30. The molecule has 1 aromatic carbocycles. The number of hydrogen-bond acceptors (Lipinski definition) is 2. The molecule has 1 saturated carbocycles. The molecule has 0 N–H and O–H groups in total. The second-order valence-electron chi connectivity index (χ2n) is 6.74. The van der Waals surface area contributed by atoms with E-state index < -0.39 is 0 Å². The molecule has 21 heavy (non-hydrogen) atoms. The van der Waals surface area contributed by atoms with Crippen molar-refractivity contribution in [1.29, 1.82) is 0 Å². The van der Waals surface area contributed by atoms with E-state index in [1.54, 1.807) is 11.1 Å². The molecule has 1 aliphatic carbocycles. The van der Waals surface area contributed by atoms with Gasteiger partial charge in [0.05, 0.1) is 0 Å². The zero-order valence-corrected chi connectivity index (χ0v) is 13.6. The van der Waals surface area contributed by atoms with Crippen LogP contribution < -0.4 is 0 Å². The van der Waals surface area contributed by atoms with E-state index in [-0.39, 0.29) is 0 Å². The lowest BCUT2D eigenvalue weighted by atomic mass is 9.82. The Morgan fingerprint density at radius 3 is 2.29 bits per heavy atom. The summed E-state index contributed by atoms with van der Waals surface area (Å²) in [5, 5.41) is 0. The molecule has 0 spiro atoms. The van der Waals surface area contributed by atoms with E-state index in [2.05, 4.69) is 41.0 Å². The van der Waals surface area contributed by atoms with Crippen LogP contribution in [0.15, 0.2) is 24.3 Å². The van der Waals surface area contributed by atoms with E-state index in [0.717, 1.165) is 12.5 Å². The molecule has 1 saturated heterocycles. The molecule has 2 fully saturated rings. The van der Waals surface area contributed by atoms with Gasteiger partial charge in [0.1, 0.15) is 0 Å². The normalized spacial score (nSPS) is 22.5. The summed E-state index contributed by atoms with van der Waals surface area (Å²) in [6.45, 7) is 9.56.